The van der Waals surface area contributed by atoms with Crippen molar-refractivity contribution in [1.82, 2.24) is 9.97 Å². The Hall–Kier alpha value is -1.41. The van der Waals surface area contributed by atoms with E-state index in [4.69, 9.17) is 5.73 Å². The van der Waals surface area contributed by atoms with E-state index in [1.165, 1.54) is 6.33 Å². The first-order chi connectivity index (χ1) is 8.20. The van der Waals surface area contributed by atoms with Crippen molar-refractivity contribution in [2.24, 2.45) is 5.73 Å². The number of nitrogens with zero attached hydrogens (tertiary/aromatic N) is 1. The fourth-order valence-corrected chi connectivity index (χ4v) is 1.76. The third-order valence-corrected chi connectivity index (χ3v) is 3.25. The minimum atomic E-state index is -0.151. The van der Waals surface area contributed by atoms with E-state index in [1.807, 2.05) is 46.9 Å². The maximum Gasteiger partial charge on any atom is 0.266 e. The molecule has 88 valence electrons. The van der Waals surface area contributed by atoms with E-state index < -0.39 is 0 Å². The zero-order chi connectivity index (χ0) is 12.3. The minimum Gasteiger partial charge on any atom is -0.339 e. The molecule has 17 heavy (non-hydrogen) atoms. The average molecular weight is 342 g/mol. The van der Waals surface area contributed by atoms with Crippen LogP contribution in [0.1, 0.15) is 5.56 Å². The van der Waals surface area contributed by atoms with Gasteiger partial charge >= 0.3 is 0 Å². The maximum atomic E-state index is 11.4. The Morgan fingerprint density at radius 3 is 2.71 bits per heavy atom. The number of hydrogen-bond acceptors (Lipinski definition) is 4. The average Bonchev–Trinajstić information content (AvgIpc) is 2.36. The number of aromatic nitrogens is 2. The molecule has 1 aromatic carbocycles. The van der Waals surface area contributed by atoms with Crippen molar-refractivity contribution < 1.29 is 0 Å². The van der Waals surface area contributed by atoms with Gasteiger partial charge in [0.25, 0.3) is 5.56 Å². The smallest absolute Gasteiger partial charge is 0.266 e. The molecule has 5 nitrogen and oxygen atoms in total. The van der Waals surface area contributed by atoms with Crippen molar-refractivity contribution in [3.8, 4) is 0 Å². The number of nitrogens with two attached hydrogens (primary N) is 1. The summed E-state index contributed by atoms with van der Waals surface area (Å²) in [6.45, 7) is 0.515. The van der Waals surface area contributed by atoms with Crippen LogP contribution < -0.4 is 16.6 Å². The summed E-state index contributed by atoms with van der Waals surface area (Å²) in [5, 5.41) is 3.08. The minimum absolute atomic E-state index is 0.151. The summed E-state index contributed by atoms with van der Waals surface area (Å²) in [7, 11) is 0. The van der Waals surface area contributed by atoms with Gasteiger partial charge < -0.3 is 16.0 Å². The standard InChI is InChI=1S/C11H11IN4O/c12-9-10(14-6-15-11(9)17)16-8-3-1-7(5-13)2-4-8/h1-4,6H,5,13H2,(H2,14,15,16,17). The molecule has 0 radical (unpaired) electrons. The highest BCUT2D eigenvalue weighted by Gasteiger charge is 2.04. The fourth-order valence-electron chi connectivity index (χ4n) is 1.33. The van der Waals surface area contributed by atoms with Crippen molar-refractivity contribution in [1.29, 1.82) is 0 Å². The van der Waals surface area contributed by atoms with Crippen LogP contribution in [0.15, 0.2) is 35.4 Å². The topological polar surface area (TPSA) is 83.8 Å². The molecule has 1 heterocycles. The summed E-state index contributed by atoms with van der Waals surface area (Å²) in [5.41, 5.74) is 7.30. The summed E-state index contributed by atoms with van der Waals surface area (Å²) >= 11 is 1.96. The molecule has 0 fully saturated rings. The first-order valence-electron chi connectivity index (χ1n) is 5.00. The second-order valence-electron chi connectivity index (χ2n) is 3.42. The Kier molecular flexibility index (Phi) is 3.75. The fraction of sp³-hybridized carbons (Fsp3) is 0.0909. The largest absolute Gasteiger partial charge is 0.339 e. The van der Waals surface area contributed by atoms with Gasteiger partial charge in [-0.2, -0.15) is 0 Å². The van der Waals surface area contributed by atoms with E-state index in [2.05, 4.69) is 15.3 Å². The number of hydrogen-bond donors (Lipinski definition) is 3. The first-order valence-corrected chi connectivity index (χ1v) is 6.08. The van der Waals surface area contributed by atoms with Crippen LogP contribution in [0.4, 0.5) is 11.5 Å². The van der Waals surface area contributed by atoms with Crippen LogP contribution in [0.5, 0.6) is 0 Å². The molecule has 6 heteroatoms. The van der Waals surface area contributed by atoms with Gasteiger partial charge in [0.05, 0.1) is 6.33 Å². The normalized spacial score (nSPS) is 10.2. The van der Waals surface area contributed by atoms with Crippen LogP contribution in [-0.4, -0.2) is 9.97 Å². The van der Waals surface area contributed by atoms with Crippen LogP contribution in [-0.2, 0) is 6.54 Å². The molecule has 2 rings (SSSR count). The molecule has 1 aromatic heterocycles. The zero-order valence-corrected chi connectivity index (χ0v) is 11.1. The lowest BCUT2D eigenvalue weighted by molar-refractivity contribution is 1.07. The lowest BCUT2D eigenvalue weighted by Crippen LogP contribution is -2.12. The molecule has 0 aliphatic heterocycles. The van der Waals surface area contributed by atoms with Crippen LogP contribution in [0.3, 0.4) is 0 Å². The number of anilines is 2. The van der Waals surface area contributed by atoms with Crippen molar-refractivity contribution in [3.63, 3.8) is 0 Å². The number of rotatable bonds is 3. The molecule has 0 aliphatic rings. The van der Waals surface area contributed by atoms with Gasteiger partial charge in [0.1, 0.15) is 3.57 Å². The SMILES string of the molecule is NCc1ccc(Nc2nc[nH]c(=O)c2I)cc1. The van der Waals surface area contributed by atoms with E-state index in [0.717, 1.165) is 11.3 Å². The third-order valence-electron chi connectivity index (χ3n) is 2.25. The summed E-state index contributed by atoms with van der Waals surface area (Å²) in [6.07, 6.45) is 1.38. The number of H-pyrrole nitrogens is 1. The van der Waals surface area contributed by atoms with Gasteiger partial charge in [0.15, 0.2) is 5.82 Å². The highest BCUT2D eigenvalue weighted by Crippen LogP contribution is 2.17. The van der Waals surface area contributed by atoms with Crippen LogP contribution in [0.2, 0.25) is 0 Å². The quantitative estimate of drug-likeness (QED) is 0.740. The highest BCUT2D eigenvalue weighted by molar-refractivity contribution is 14.1. The van der Waals surface area contributed by atoms with Crippen molar-refractivity contribution in [2.75, 3.05) is 5.32 Å². The van der Waals surface area contributed by atoms with Gasteiger partial charge in [0.2, 0.25) is 0 Å². The summed E-state index contributed by atoms with van der Waals surface area (Å²) in [5.74, 6) is 0.551. The van der Waals surface area contributed by atoms with Crippen molar-refractivity contribution in [2.45, 2.75) is 6.54 Å². The molecule has 0 atom stereocenters. The van der Waals surface area contributed by atoms with Gasteiger partial charge in [0, 0.05) is 12.2 Å². The molecule has 4 N–H and O–H groups in total. The molecule has 0 aliphatic carbocycles. The summed E-state index contributed by atoms with van der Waals surface area (Å²) in [4.78, 5) is 18.0. The molecule has 0 amide bonds. The Bertz CT molecular complexity index is 564. The summed E-state index contributed by atoms with van der Waals surface area (Å²) in [6, 6.07) is 7.67. The molecular weight excluding hydrogens is 331 g/mol. The molecule has 0 saturated carbocycles. The second kappa shape index (κ2) is 5.28. The Morgan fingerprint density at radius 2 is 2.06 bits per heavy atom. The van der Waals surface area contributed by atoms with E-state index in [-0.39, 0.29) is 5.56 Å². The Balaban J connectivity index is 2.25. The van der Waals surface area contributed by atoms with Crippen molar-refractivity contribution >= 4 is 34.1 Å². The summed E-state index contributed by atoms with van der Waals surface area (Å²) < 4.78 is 0.535. The zero-order valence-electron chi connectivity index (χ0n) is 8.90. The molecule has 0 unspecified atom stereocenters. The van der Waals surface area contributed by atoms with Crippen LogP contribution in [0.25, 0.3) is 0 Å². The molecule has 2 aromatic rings. The number of aromatic amines is 1. The van der Waals surface area contributed by atoms with E-state index in [9.17, 15) is 4.79 Å². The molecule has 0 saturated heterocycles. The van der Waals surface area contributed by atoms with Gasteiger partial charge in [-0.15, -0.1) is 0 Å². The number of benzene rings is 1. The predicted octanol–water partition coefficient (Wildman–Crippen LogP) is 1.58. The lowest BCUT2D eigenvalue weighted by atomic mass is 10.2. The Labute approximate surface area is 112 Å². The monoisotopic (exact) mass is 342 g/mol. The Morgan fingerprint density at radius 1 is 1.35 bits per heavy atom. The van der Waals surface area contributed by atoms with Gasteiger partial charge in [-0.05, 0) is 40.3 Å². The second-order valence-corrected chi connectivity index (χ2v) is 4.50. The first kappa shape index (κ1) is 12.1. The number of halogens is 1. The van der Waals surface area contributed by atoms with E-state index in [1.54, 1.807) is 0 Å². The lowest BCUT2D eigenvalue weighted by Gasteiger charge is -2.07. The van der Waals surface area contributed by atoms with E-state index in [0.29, 0.717) is 15.9 Å². The van der Waals surface area contributed by atoms with Crippen LogP contribution in [0, 0.1) is 3.57 Å². The van der Waals surface area contributed by atoms with Crippen LogP contribution >= 0.6 is 22.6 Å². The molecule has 0 bridgehead atoms. The predicted molar refractivity (Wildman–Crippen MR) is 75.2 cm³/mol. The highest BCUT2D eigenvalue weighted by atomic mass is 127. The third kappa shape index (κ3) is 2.83. The van der Waals surface area contributed by atoms with Gasteiger partial charge in [-0.3, -0.25) is 4.79 Å². The van der Waals surface area contributed by atoms with Gasteiger partial charge in [-0.1, -0.05) is 12.1 Å². The molecular formula is C11H11IN4O. The number of nitrogens with one attached hydrogen (secondary N) is 2. The van der Waals surface area contributed by atoms with E-state index >= 15 is 0 Å². The van der Waals surface area contributed by atoms with Gasteiger partial charge in [-0.25, -0.2) is 4.98 Å². The van der Waals surface area contributed by atoms with Crippen molar-refractivity contribution in [3.05, 3.63) is 50.1 Å². The molecule has 0 spiro atoms. The maximum absolute atomic E-state index is 11.4.